The zero-order valence-corrected chi connectivity index (χ0v) is 22.0. The molecular weight excluding hydrogens is 500 g/mol. The number of aryl methyl sites for hydroxylation is 1. The van der Waals surface area contributed by atoms with Crippen LogP contribution in [0, 0.1) is 0 Å². The number of halogens is 2. The lowest BCUT2D eigenvalue weighted by Gasteiger charge is -2.31. The van der Waals surface area contributed by atoms with Crippen molar-refractivity contribution in [3.63, 3.8) is 0 Å². The molecule has 1 amide bonds. The van der Waals surface area contributed by atoms with Crippen molar-refractivity contribution in [3.8, 4) is 5.19 Å². The molecule has 5 rings (SSSR count). The molecule has 2 aliphatic rings. The molecule has 0 bridgehead atoms. The van der Waals surface area contributed by atoms with Crippen LogP contribution in [0.1, 0.15) is 47.1 Å². The van der Waals surface area contributed by atoms with Crippen LogP contribution in [0.15, 0.2) is 24.4 Å². The van der Waals surface area contributed by atoms with E-state index in [1.165, 1.54) is 11.3 Å². The fourth-order valence-corrected chi connectivity index (χ4v) is 5.90. The minimum atomic E-state index is -2.86. The maximum absolute atomic E-state index is 13.1. The quantitative estimate of drug-likeness (QED) is 0.474. The van der Waals surface area contributed by atoms with Gasteiger partial charge in [-0.05, 0) is 37.8 Å². The van der Waals surface area contributed by atoms with Crippen molar-refractivity contribution in [2.45, 2.75) is 57.1 Å². The van der Waals surface area contributed by atoms with E-state index in [9.17, 15) is 13.6 Å². The van der Waals surface area contributed by atoms with Gasteiger partial charge < -0.3 is 19.7 Å². The fraction of sp³-hybridized carbons (Fsp3) is 0.577. The van der Waals surface area contributed by atoms with Crippen LogP contribution in [0.2, 0.25) is 0 Å². The Kier molecular flexibility index (Phi) is 7.73. The molecule has 0 radical (unpaired) electrons. The second kappa shape index (κ2) is 11.0. The number of carbonyl (C=O) groups excluding carboxylic acids is 1. The molecule has 37 heavy (non-hydrogen) atoms. The van der Waals surface area contributed by atoms with Gasteiger partial charge in [-0.15, -0.1) is 0 Å². The van der Waals surface area contributed by atoms with Gasteiger partial charge in [-0.25, -0.2) is 13.8 Å². The third kappa shape index (κ3) is 6.63. The van der Waals surface area contributed by atoms with Crippen LogP contribution < -0.4 is 10.1 Å². The molecule has 11 heteroatoms. The average molecular weight is 534 g/mol. The van der Waals surface area contributed by atoms with Gasteiger partial charge in [0.25, 0.3) is 17.0 Å². The van der Waals surface area contributed by atoms with E-state index in [0.29, 0.717) is 17.4 Å². The van der Waals surface area contributed by atoms with Gasteiger partial charge >= 0.3 is 0 Å². The Balaban J connectivity index is 1.04. The van der Waals surface area contributed by atoms with Crippen molar-refractivity contribution in [1.82, 2.24) is 25.0 Å². The molecule has 2 aliphatic heterocycles. The van der Waals surface area contributed by atoms with E-state index in [-0.39, 0.29) is 18.1 Å². The van der Waals surface area contributed by atoms with Gasteiger partial charge in [0.15, 0.2) is 6.61 Å². The van der Waals surface area contributed by atoms with Crippen LogP contribution in [0.4, 0.5) is 8.78 Å². The van der Waals surface area contributed by atoms with Crippen LogP contribution in [-0.4, -0.2) is 76.5 Å². The van der Waals surface area contributed by atoms with Crippen molar-refractivity contribution in [1.29, 1.82) is 0 Å². The molecule has 1 fully saturated rings. The number of hydrogen-bond donors (Lipinski definition) is 1. The topological polar surface area (TPSA) is 81.5 Å². The first-order valence-electron chi connectivity index (χ1n) is 12.8. The van der Waals surface area contributed by atoms with Gasteiger partial charge in [-0.2, -0.15) is 5.10 Å². The zero-order valence-electron chi connectivity index (χ0n) is 21.2. The highest BCUT2D eigenvalue weighted by atomic mass is 32.1. The SMILES string of the molecule is Cn1cc2c(C(=O)NC3CCC(CCN4CCc5nc(OCC(C)(F)F)sc5CC4)OC3)cccc2n1. The summed E-state index contributed by atoms with van der Waals surface area (Å²) < 4.78 is 39.1. The van der Waals surface area contributed by atoms with E-state index in [4.69, 9.17) is 9.47 Å². The number of nitrogens with zero attached hydrogens (tertiary/aromatic N) is 4. The Labute approximate surface area is 218 Å². The first kappa shape index (κ1) is 26.0. The smallest absolute Gasteiger partial charge is 0.278 e. The normalized spacial score (nSPS) is 21.0. The summed E-state index contributed by atoms with van der Waals surface area (Å²) in [5.41, 5.74) is 2.42. The molecule has 2 atom stereocenters. The third-order valence-electron chi connectivity index (χ3n) is 6.91. The highest BCUT2D eigenvalue weighted by Crippen LogP contribution is 2.29. The molecule has 2 unspecified atom stereocenters. The van der Waals surface area contributed by atoms with Gasteiger partial charge in [0.1, 0.15) is 0 Å². The average Bonchev–Trinajstić information content (AvgIpc) is 3.39. The summed E-state index contributed by atoms with van der Waals surface area (Å²) >= 11 is 1.39. The lowest BCUT2D eigenvalue weighted by atomic mass is 10.0. The van der Waals surface area contributed by atoms with Gasteiger partial charge in [-0.1, -0.05) is 17.4 Å². The Bertz CT molecular complexity index is 1210. The summed E-state index contributed by atoms with van der Waals surface area (Å²) in [7, 11) is 1.85. The number of benzene rings is 1. The lowest BCUT2D eigenvalue weighted by molar-refractivity contribution is -0.0230. The number of amides is 1. The Morgan fingerprint density at radius 2 is 2.14 bits per heavy atom. The van der Waals surface area contributed by atoms with Crippen molar-refractivity contribution in [2.24, 2.45) is 7.05 Å². The number of thiazole rings is 1. The third-order valence-corrected chi connectivity index (χ3v) is 7.98. The van der Waals surface area contributed by atoms with Crippen molar-refractivity contribution < 1.29 is 23.0 Å². The van der Waals surface area contributed by atoms with Crippen LogP contribution in [0.3, 0.4) is 0 Å². The molecule has 0 aliphatic carbocycles. The molecule has 4 heterocycles. The summed E-state index contributed by atoms with van der Waals surface area (Å²) in [6.45, 7) is 3.44. The molecule has 3 aromatic rings. The molecule has 1 saturated heterocycles. The second-order valence-electron chi connectivity index (χ2n) is 10.1. The van der Waals surface area contributed by atoms with Crippen LogP contribution in [0.5, 0.6) is 5.19 Å². The van der Waals surface area contributed by atoms with Crippen molar-refractivity contribution in [3.05, 3.63) is 40.5 Å². The van der Waals surface area contributed by atoms with E-state index in [1.807, 2.05) is 31.4 Å². The fourth-order valence-electron chi connectivity index (χ4n) is 4.96. The second-order valence-corrected chi connectivity index (χ2v) is 11.1. The number of alkyl halides is 2. The highest BCUT2D eigenvalue weighted by molar-refractivity contribution is 7.13. The molecule has 0 saturated carbocycles. The van der Waals surface area contributed by atoms with Crippen LogP contribution in [-0.2, 0) is 24.6 Å². The maximum atomic E-state index is 13.1. The van der Waals surface area contributed by atoms with Crippen molar-refractivity contribution >= 4 is 28.1 Å². The summed E-state index contributed by atoms with van der Waals surface area (Å²) in [4.78, 5) is 20.9. The maximum Gasteiger partial charge on any atom is 0.278 e. The largest absolute Gasteiger partial charge is 0.464 e. The number of nitrogens with one attached hydrogen (secondary N) is 1. The predicted molar refractivity (Wildman–Crippen MR) is 138 cm³/mol. The van der Waals surface area contributed by atoms with Crippen molar-refractivity contribution in [2.75, 3.05) is 32.8 Å². The van der Waals surface area contributed by atoms with Gasteiger partial charge in [0.2, 0.25) is 0 Å². The van der Waals surface area contributed by atoms with E-state index >= 15 is 0 Å². The molecule has 0 spiro atoms. The Hall–Kier alpha value is -2.63. The van der Waals surface area contributed by atoms with E-state index < -0.39 is 12.5 Å². The summed E-state index contributed by atoms with van der Waals surface area (Å²) in [5, 5.41) is 8.71. The van der Waals surface area contributed by atoms with E-state index in [1.54, 1.807) is 4.68 Å². The number of fused-ring (bicyclic) bond motifs is 2. The minimum Gasteiger partial charge on any atom is -0.464 e. The van der Waals surface area contributed by atoms with Crippen LogP contribution >= 0.6 is 11.3 Å². The number of carbonyl (C=O) groups is 1. The molecular formula is C26H33F2N5O3S. The molecule has 200 valence electrons. The minimum absolute atomic E-state index is 0.00000151. The number of ether oxygens (including phenoxy) is 2. The molecule has 8 nitrogen and oxygen atoms in total. The van der Waals surface area contributed by atoms with E-state index in [2.05, 4.69) is 20.3 Å². The van der Waals surface area contributed by atoms with Gasteiger partial charge in [0.05, 0.1) is 35.5 Å². The monoisotopic (exact) mass is 533 g/mol. The Morgan fingerprint density at radius 3 is 2.92 bits per heavy atom. The summed E-state index contributed by atoms with van der Waals surface area (Å²) in [6, 6.07) is 5.60. The number of aromatic nitrogens is 3. The summed E-state index contributed by atoms with van der Waals surface area (Å²) in [6.07, 6.45) is 6.44. The first-order valence-corrected chi connectivity index (χ1v) is 13.6. The van der Waals surface area contributed by atoms with Gasteiger partial charge in [-0.3, -0.25) is 9.48 Å². The molecule has 1 aromatic carbocycles. The molecule has 2 aromatic heterocycles. The predicted octanol–water partition coefficient (Wildman–Crippen LogP) is 3.83. The standard InChI is InChI=1S/C26H33F2N5O3S/c1-26(27,28)16-36-25-30-22-9-12-33(13-10-23(22)37-25)11-8-18-7-6-17(15-35-18)29-24(34)19-4-3-5-21-20(19)14-32(2)31-21/h3-5,14,17-18H,6-13,15-16H2,1-2H3,(H,29,34). The van der Waals surface area contributed by atoms with E-state index in [0.717, 1.165) is 80.1 Å². The number of hydrogen-bond acceptors (Lipinski definition) is 7. The zero-order chi connectivity index (χ0) is 26.0. The lowest BCUT2D eigenvalue weighted by Crippen LogP contribution is -2.43. The highest BCUT2D eigenvalue weighted by Gasteiger charge is 2.27. The number of rotatable bonds is 8. The van der Waals surface area contributed by atoms with Crippen LogP contribution in [0.25, 0.3) is 10.9 Å². The van der Waals surface area contributed by atoms with Gasteiger partial charge in [0, 0.05) is 56.5 Å². The Morgan fingerprint density at radius 1 is 1.30 bits per heavy atom. The summed E-state index contributed by atoms with van der Waals surface area (Å²) in [5.74, 6) is -2.95. The first-order chi connectivity index (χ1) is 17.7. The molecule has 1 N–H and O–H groups in total.